The zero-order chi connectivity index (χ0) is 14.3. The maximum atomic E-state index is 13.0. The summed E-state index contributed by atoms with van der Waals surface area (Å²) in [6.45, 7) is 2.84. The average molecular weight is 270 g/mol. The lowest BCUT2D eigenvalue weighted by Crippen LogP contribution is -2.34. The molecule has 1 atom stereocenters. The van der Waals surface area contributed by atoms with Crippen LogP contribution in [0.1, 0.15) is 23.6 Å². The molecule has 106 valence electrons. The third kappa shape index (κ3) is 5.65. The van der Waals surface area contributed by atoms with Crippen LogP contribution in [-0.2, 0) is 0 Å². The Labute approximate surface area is 111 Å². The van der Waals surface area contributed by atoms with Crippen molar-refractivity contribution in [2.24, 2.45) is 5.73 Å². The van der Waals surface area contributed by atoms with Gasteiger partial charge in [-0.3, -0.25) is 5.41 Å². The number of halogens is 2. The third-order valence-corrected chi connectivity index (χ3v) is 2.72. The number of alkyl halides is 2. The Hall–Kier alpha value is -1.69. The van der Waals surface area contributed by atoms with Crippen molar-refractivity contribution >= 4 is 5.96 Å². The number of rotatable bonds is 7. The Morgan fingerprint density at radius 2 is 1.89 bits per heavy atom. The highest BCUT2D eigenvalue weighted by atomic mass is 19.3. The predicted octanol–water partition coefficient (Wildman–Crippen LogP) is 1.76. The maximum Gasteiger partial charge on any atom is 0.257 e. The molecule has 1 aromatic rings. The van der Waals surface area contributed by atoms with Gasteiger partial charge in [0.1, 0.15) is 0 Å². The standard InChI is InChI=1S/C13H20F2N4/c1-9-3-5-10(6-4-9)11(12(14)15)18-7-2-8-19-13(16)17/h3-6,11-12,18H,2,7-8H2,1H3,(H4,16,17,19). The molecule has 4 nitrogen and oxygen atoms in total. The van der Waals surface area contributed by atoms with Gasteiger partial charge in [0.15, 0.2) is 5.96 Å². The first-order valence-corrected chi connectivity index (χ1v) is 6.16. The molecule has 0 radical (unpaired) electrons. The van der Waals surface area contributed by atoms with Crippen LogP contribution in [0.3, 0.4) is 0 Å². The molecule has 0 aliphatic rings. The van der Waals surface area contributed by atoms with Gasteiger partial charge < -0.3 is 16.4 Å². The largest absolute Gasteiger partial charge is 0.370 e. The number of nitrogens with two attached hydrogens (primary N) is 1. The van der Waals surface area contributed by atoms with Gasteiger partial charge in [-0.1, -0.05) is 29.8 Å². The summed E-state index contributed by atoms with van der Waals surface area (Å²) < 4.78 is 26.0. The summed E-state index contributed by atoms with van der Waals surface area (Å²) in [5.41, 5.74) is 6.75. The highest BCUT2D eigenvalue weighted by Gasteiger charge is 2.21. The minimum Gasteiger partial charge on any atom is -0.370 e. The van der Waals surface area contributed by atoms with E-state index in [1.807, 2.05) is 19.1 Å². The Morgan fingerprint density at radius 1 is 1.26 bits per heavy atom. The molecule has 6 heteroatoms. The lowest BCUT2D eigenvalue weighted by Gasteiger charge is -2.18. The molecule has 0 aliphatic heterocycles. The molecule has 1 rings (SSSR count). The van der Waals surface area contributed by atoms with Crippen molar-refractivity contribution in [2.75, 3.05) is 13.1 Å². The summed E-state index contributed by atoms with van der Waals surface area (Å²) in [6.07, 6.45) is -1.84. The van der Waals surface area contributed by atoms with E-state index in [2.05, 4.69) is 10.6 Å². The lowest BCUT2D eigenvalue weighted by atomic mass is 10.1. The molecule has 0 amide bonds. The van der Waals surface area contributed by atoms with Gasteiger partial charge in [-0.25, -0.2) is 8.78 Å². The van der Waals surface area contributed by atoms with Crippen LogP contribution in [-0.4, -0.2) is 25.5 Å². The second kappa shape index (κ2) is 7.68. The molecule has 0 saturated heterocycles. The summed E-state index contributed by atoms with van der Waals surface area (Å²) in [5, 5.41) is 12.4. The van der Waals surface area contributed by atoms with Crippen LogP contribution in [0.25, 0.3) is 0 Å². The summed E-state index contributed by atoms with van der Waals surface area (Å²) >= 11 is 0. The second-order valence-corrected chi connectivity index (χ2v) is 4.37. The molecule has 0 aliphatic carbocycles. The Kier molecular flexibility index (Phi) is 6.21. The van der Waals surface area contributed by atoms with Crippen molar-refractivity contribution in [3.8, 4) is 0 Å². The fourth-order valence-corrected chi connectivity index (χ4v) is 1.70. The molecule has 0 saturated carbocycles. The van der Waals surface area contributed by atoms with Crippen LogP contribution in [0.15, 0.2) is 24.3 Å². The predicted molar refractivity (Wildman–Crippen MR) is 72.5 cm³/mol. The van der Waals surface area contributed by atoms with Crippen molar-refractivity contribution in [3.05, 3.63) is 35.4 Å². The first-order valence-electron chi connectivity index (χ1n) is 6.16. The van der Waals surface area contributed by atoms with E-state index >= 15 is 0 Å². The minimum absolute atomic E-state index is 0.107. The number of guanidine groups is 1. The molecule has 5 N–H and O–H groups in total. The van der Waals surface area contributed by atoms with Gasteiger partial charge in [-0.2, -0.15) is 0 Å². The van der Waals surface area contributed by atoms with Crippen LogP contribution in [0, 0.1) is 12.3 Å². The van der Waals surface area contributed by atoms with Gasteiger partial charge in [0, 0.05) is 6.54 Å². The number of nitrogens with one attached hydrogen (secondary N) is 3. The van der Waals surface area contributed by atoms with E-state index in [1.54, 1.807) is 12.1 Å². The van der Waals surface area contributed by atoms with Crippen molar-refractivity contribution in [2.45, 2.75) is 25.8 Å². The lowest BCUT2D eigenvalue weighted by molar-refractivity contribution is 0.0983. The van der Waals surface area contributed by atoms with E-state index in [4.69, 9.17) is 11.1 Å². The highest BCUT2D eigenvalue weighted by molar-refractivity contribution is 5.74. The Morgan fingerprint density at radius 3 is 2.42 bits per heavy atom. The second-order valence-electron chi connectivity index (χ2n) is 4.37. The monoisotopic (exact) mass is 270 g/mol. The SMILES string of the molecule is Cc1ccc(C(NCCCNC(=N)N)C(F)F)cc1. The zero-order valence-corrected chi connectivity index (χ0v) is 10.9. The van der Waals surface area contributed by atoms with E-state index in [0.717, 1.165) is 5.56 Å². The van der Waals surface area contributed by atoms with E-state index < -0.39 is 12.5 Å². The molecule has 0 heterocycles. The van der Waals surface area contributed by atoms with Gasteiger partial charge in [0.2, 0.25) is 0 Å². The fraction of sp³-hybridized carbons (Fsp3) is 0.462. The molecule has 19 heavy (non-hydrogen) atoms. The maximum absolute atomic E-state index is 13.0. The molecular formula is C13H20F2N4. The van der Waals surface area contributed by atoms with E-state index in [-0.39, 0.29) is 5.96 Å². The molecular weight excluding hydrogens is 250 g/mol. The van der Waals surface area contributed by atoms with Gasteiger partial charge in [-0.15, -0.1) is 0 Å². The van der Waals surface area contributed by atoms with Crippen molar-refractivity contribution in [3.63, 3.8) is 0 Å². The molecule has 0 fully saturated rings. The van der Waals surface area contributed by atoms with Crippen LogP contribution in [0.4, 0.5) is 8.78 Å². The summed E-state index contributed by atoms with van der Waals surface area (Å²) in [4.78, 5) is 0. The van der Waals surface area contributed by atoms with Gasteiger partial charge in [-0.05, 0) is 25.5 Å². The van der Waals surface area contributed by atoms with Crippen molar-refractivity contribution < 1.29 is 8.78 Å². The smallest absolute Gasteiger partial charge is 0.257 e. The topological polar surface area (TPSA) is 73.9 Å². The molecule has 1 aromatic carbocycles. The molecule has 0 aromatic heterocycles. The van der Waals surface area contributed by atoms with Crippen molar-refractivity contribution in [1.29, 1.82) is 5.41 Å². The summed E-state index contributed by atoms with van der Waals surface area (Å²) in [7, 11) is 0. The fourth-order valence-electron chi connectivity index (χ4n) is 1.70. The van der Waals surface area contributed by atoms with Crippen LogP contribution < -0.4 is 16.4 Å². The third-order valence-electron chi connectivity index (χ3n) is 2.72. The molecule has 0 bridgehead atoms. The first kappa shape index (κ1) is 15.4. The normalized spacial score (nSPS) is 12.4. The Balaban J connectivity index is 2.45. The van der Waals surface area contributed by atoms with E-state index in [1.165, 1.54) is 0 Å². The molecule has 1 unspecified atom stereocenters. The highest BCUT2D eigenvalue weighted by Crippen LogP contribution is 2.20. The van der Waals surface area contributed by atoms with Crippen molar-refractivity contribution in [1.82, 2.24) is 10.6 Å². The Bertz CT molecular complexity index is 392. The van der Waals surface area contributed by atoms with Crippen LogP contribution in [0.2, 0.25) is 0 Å². The number of benzene rings is 1. The van der Waals surface area contributed by atoms with Gasteiger partial charge in [0.25, 0.3) is 6.43 Å². The van der Waals surface area contributed by atoms with Gasteiger partial charge in [0.05, 0.1) is 6.04 Å². The number of hydrogen-bond acceptors (Lipinski definition) is 2. The van der Waals surface area contributed by atoms with Crippen LogP contribution >= 0.6 is 0 Å². The van der Waals surface area contributed by atoms with Gasteiger partial charge >= 0.3 is 0 Å². The zero-order valence-electron chi connectivity index (χ0n) is 10.9. The number of aryl methyl sites for hydroxylation is 1. The summed E-state index contributed by atoms with van der Waals surface area (Å²) in [5.74, 6) is -0.107. The molecule has 0 spiro atoms. The average Bonchev–Trinajstić information content (AvgIpc) is 2.34. The van der Waals surface area contributed by atoms with E-state index in [9.17, 15) is 8.78 Å². The number of hydrogen-bond donors (Lipinski definition) is 4. The quantitative estimate of drug-likeness (QED) is 0.346. The first-order chi connectivity index (χ1) is 9.00. The van der Waals surface area contributed by atoms with E-state index in [0.29, 0.717) is 25.1 Å². The minimum atomic E-state index is -2.46. The van der Waals surface area contributed by atoms with Crippen LogP contribution in [0.5, 0.6) is 0 Å². The summed E-state index contributed by atoms with van der Waals surface area (Å²) in [6, 6.07) is 6.12.